The maximum absolute atomic E-state index is 11.3. The molecule has 0 saturated carbocycles. The van der Waals surface area contributed by atoms with E-state index in [1.807, 2.05) is 0 Å². The molecule has 1 aromatic rings. The number of nitrogens with one attached hydrogen (secondary N) is 1. The lowest BCUT2D eigenvalue weighted by Crippen LogP contribution is -2.40. The van der Waals surface area contributed by atoms with Crippen molar-refractivity contribution in [3.8, 4) is 0 Å². The fraction of sp³-hybridized carbons (Fsp3) is 0.300. The number of pyridine rings is 1. The number of fused-ring (bicyclic) bond motifs is 1. The first-order chi connectivity index (χ1) is 7.88. The standard InChI is InChI=1S/C10H8BrNO5/c11-6-5-2-10(8(14)15,9(16)17)1-4(5)3-12-7(6)13/h3H,1-2H2,(H,12,13)(H,14,15)(H,16,17). The monoisotopic (exact) mass is 301 g/mol. The summed E-state index contributed by atoms with van der Waals surface area (Å²) in [5, 5.41) is 18.2. The molecule has 0 aliphatic heterocycles. The van der Waals surface area contributed by atoms with Crippen LogP contribution in [0, 0.1) is 5.41 Å². The molecule has 7 heteroatoms. The maximum Gasteiger partial charge on any atom is 0.321 e. The molecule has 17 heavy (non-hydrogen) atoms. The second-order valence-electron chi connectivity index (χ2n) is 3.98. The van der Waals surface area contributed by atoms with Crippen LogP contribution in [0.25, 0.3) is 0 Å². The van der Waals surface area contributed by atoms with Gasteiger partial charge in [0.1, 0.15) is 0 Å². The van der Waals surface area contributed by atoms with Crippen molar-refractivity contribution in [3.05, 3.63) is 32.2 Å². The number of aromatic amines is 1. The molecule has 0 amide bonds. The normalized spacial score (nSPS) is 16.5. The quantitative estimate of drug-likeness (QED) is 0.685. The van der Waals surface area contributed by atoms with Crippen LogP contribution in [0.1, 0.15) is 11.1 Å². The van der Waals surface area contributed by atoms with Crippen LogP contribution in [0.15, 0.2) is 15.5 Å². The van der Waals surface area contributed by atoms with Gasteiger partial charge in [-0.1, -0.05) is 0 Å². The third-order valence-electron chi connectivity index (χ3n) is 3.02. The topological polar surface area (TPSA) is 107 Å². The van der Waals surface area contributed by atoms with E-state index in [0.717, 1.165) is 0 Å². The zero-order valence-corrected chi connectivity index (χ0v) is 10.1. The van der Waals surface area contributed by atoms with Crippen LogP contribution in [0.5, 0.6) is 0 Å². The molecular formula is C10H8BrNO5. The van der Waals surface area contributed by atoms with Gasteiger partial charge in [-0.2, -0.15) is 0 Å². The lowest BCUT2D eigenvalue weighted by Gasteiger charge is -2.17. The average molecular weight is 302 g/mol. The Bertz CT molecular complexity index is 563. The molecule has 0 unspecified atom stereocenters. The summed E-state index contributed by atoms with van der Waals surface area (Å²) >= 11 is 3.05. The van der Waals surface area contributed by atoms with Crippen LogP contribution in [-0.4, -0.2) is 27.1 Å². The zero-order chi connectivity index (χ0) is 12.8. The van der Waals surface area contributed by atoms with Crippen molar-refractivity contribution in [2.45, 2.75) is 12.8 Å². The first-order valence-corrected chi connectivity index (χ1v) is 5.53. The van der Waals surface area contributed by atoms with E-state index in [-0.39, 0.29) is 17.3 Å². The van der Waals surface area contributed by atoms with Gasteiger partial charge in [-0.25, -0.2) is 0 Å². The fourth-order valence-corrected chi connectivity index (χ4v) is 2.52. The van der Waals surface area contributed by atoms with Crippen LogP contribution in [0.3, 0.4) is 0 Å². The molecule has 6 nitrogen and oxygen atoms in total. The van der Waals surface area contributed by atoms with E-state index in [1.54, 1.807) is 0 Å². The minimum absolute atomic E-state index is 0.123. The molecule has 90 valence electrons. The molecule has 1 aliphatic rings. The van der Waals surface area contributed by atoms with Gasteiger partial charge in [-0.3, -0.25) is 14.4 Å². The van der Waals surface area contributed by atoms with E-state index >= 15 is 0 Å². The number of carbonyl (C=O) groups is 2. The minimum atomic E-state index is -1.87. The number of hydrogen-bond acceptors (Lipinski definition) is 3. The second-order valence-corrected chi connectivity index (χ2v) is 4.77. The van der Waals surface area contributed by atoms with Crippen LogP contribution < -0.4 is 5.56 Å². The van der Waals surface area contributed by atoms with Crippen molar-refractivity contribution >= 4 is 27.9 Å². The molecule has 1 aliphatic carbocycles. The summed E-state index contributed by atoms with van der Waals surface area (Å²) < 4.78 is 0.208. The molecule has 2 rings (SSSR count). The molecule has 0 spiro atoms. The molecule has 0 saturated heterocycles. The molecule has 0 aromatic carbocycles. The van der Waals surface area contributed by atoms with Crippen molar-refractivity contribution in [2.24, 2.45) is 5.41 Å². The third-order valence-corrected chi connectivity index (χ3v) is 3.86. The molecule has 0 radical (unpaired) electrons. The highest BCUT2D eigenvalue weighted by Gasteiger charge is 2.51. The molecular weight excluding hydrogens is 294 g/mol. The Morgan fingerprint density at radius 2 is 1.88 bits per heavy atom. The van der Waals surface area contributed by atoms with Gasteiger partial charge in [0.15, 0.2) is 5.41 Å². The van der Waals surface area contributed by atoms with Gasteiger partial charge in [0.25, 0.3) is 5.56 Å². The lowest BCUT2D eigenvalue weighted by molar-refractivity contribution is -0.163. The third kappa shape index (κ3) is 1.57. The Labute approximate surface area is 103 Å². The Balaban J connectivity index is 2.58. The Morgan fingerprint density at radius 1 is 1.29 bits per heavy atom. The predicted molar refractivity (Wildman–Crippen MR) is 59.9 cm³/mol. The molecule has 0 fully saturated rings. The van der Waals surface area contributed by atoms with Crippen molar-refractivity contribution in [2.75, 3.05) is 0 Å². The maximum atomic E-state index is 11.3. The average Bonchev–Trinajstić information content (AvgIpc) is 2.65. The Morgan fingerprint density at radius 3 is 2.41 bits per heavy atom. The number of aliphatic carboxylic acids is 2. The van der Waals surface area contributed by atoms with Gasteiger partial charge in [-0.05, 0) is 27.1 Å². The van der Waals surface area contributed by atoms with Gasteiger partial charge in [0.2, 0.25) is 0 Å². The van der Waals surface area contributed by atoms with E-state index in [1.165, 1.54) is 6.20 Å². The molecule has 3 N–H and O–H groups in total. The smallest absolute Gasteiger partial charge is 0.321 e. The Kier molecular flexibility index (Phi) is 2.57. The molecule has 1 heterocycles. The van der Waals surface area contributed by atoms with Crippen LogP contribution in [-0.2, 0) is 22.4 Å². The van der Waals surface area contributed by atoms with Crippen molar-refractivity contribution in [1.82, 2.24) is 4.98 Å². The van der Waals surface area contributed by atoms with E-state index < -0.39 is 22.9 Å². The van der Waals surface area contributed by atoms with Crippen LogP contribution in [0.2, 0.25) is 0 Å². The number of carboxylic acids is 2. The highest BCUT2D eigenvalue weighted by atomic mass is 79.9. The minimum Gasteiger partial charge on any atom is -0.480 e. The number of carboxylic acid groups (broad SMARTS) is 2. The SMILES string of the molecule is O=C(O)C1(C(=O)O)Cc2c[nH]c(=O)c(Br)c2C1. The first-order valence-electron chi connectivity index (χ1n) is 4.74. The van der Waals surface area contributed by atoms with Gasteiger partial charge in [0.05, 0.1) is 4.47 Å². The highest BCUT2D eigenvalue weighted by molar-refractivity contribution is 9.10. The number of halogens is 1. The number of rotatable bonds is 2. The second kappa shape index (κ2) is 3.69. The summed E-state index contributed by atoms with van der Waals surface area (Å²) in [5.41, 5.74) is -1.26. The number of H-pyrrole nitrogens is 1. The summed E-state index contributed by atoms with van der Waals surface area (Å²) in [6.45, 7) is 0. The molecule has 1 aromatic heterocycles. The Hall–Kier alpha value is -1.63. The summed E-state index contributed by atoms with van der Waals surface area (Å²) in [4.78, 5) is 36.0. The largest absolute Gasteiger partial charge is 0.480 e. The predicted octanol–water partition coefficient (Wildman–Crippen LogP) is 0.392. The zero-order valence-electron chi connectivity index (χ0n) is 8.49. The van der Waals surface area contributed by atoms with Gasteiger partial charge in [0, 0.05) is 19.0 Å². The van der Waals surface area contributed by atoms with Gasteiger partial charge >= 0.3 is 11.9 Å². The van der Waals surface area contributed by atoms with Gasteiger partial charge in [-0.15, -0.1) is 0 Å². The van der Waals surface area contributed by atoms with Crippen LogP contribution in [0.4, 0.5) is 0 Å². The number of aromatic nitrogens is 1. The highest BCUT2D eigenvalue weighted by Crippen LogP contribution is 2.39. The van der Waals surface area contributed by atoms with Crippen molar-refractivity contribution in [1.29, 1.82) is 0 Å². The lowest BCUT2D eigenvalue weighted by atomic mass is 9.85. The van der Waals surface area contributed by atoms with E-state index in [9.17, 15) is 14.4 Å². The first kappa shape index (κ1) is 11.8. The summed E-state index contributed by atoms with van der Waals surface area (Å²) in [6, 6.07) is 0. The van der Waals surface area contributed by atoms with E-state index in [0.29, 0.717) is 11.1 Å². The fourth-order valence-electron chi connectivity index (χ4n) is 2.01. The summed E-state index contributed by atoms with van der Waals surface area (Å²) in [5.74, 6) is -2.78. The van der Waals surface area contributed by atoms with Crippen LogP contribution >= 0.6 is 15.9 Å². The number of hydrogen-bond donors (Lipinski definition) is 3. The summed E-state index contributed by atoms with van der Waals surface area (Å²) in [6.07, 6.45) is 1.07. The van der Waals surface area contributed by atoms with E-state index in [2.05, 4.69) is 20.9 Å². The summed E-state index contributed by atoms with van der Waals surface area (Å²) in [7, 11) is 0. The van der Waals surface area contributed by atoms with Crippen molar-refractivity contribution in [3.63, 3.8) is 0 Å². The van der Waals surface area contributed by atoms with Gasteiger partial charge < -0.3 is 15.2 Å². The molecule has 0 atom stereocenters. The van der Waals surface area contributed by atoms with E-state index in [4.69, 9.17) is 10.2 Å². The van der Waals surface area contributed by atoms with Crippen molar-refractivity contribution < 1.29 is 19.8 Å². The molecule has 0 bridgehead atoms.